The van der Waals surface area contributed by atoms with Crippen LogP contribution < -0.4 is 5.32 Å². The van der Waals surface area contributed by atoms with Gasteiger partial charge in [-0.05, 0) is 49.5 Å². The first-order valence-corrected chi connectivity index (χ1v) is 6.69. The molecule has 0 radical (unpaired) electrons. The molecule has 0 amide bonds. The number of halogens is 1. The third-order valence-corrected chi connectivity index (χ3v) is 3.89. The zero-order valence-electron chi connectivity index (χ0n) is 11.0. The first-order valence-electron chi connectivity index (χ1n) is 5.92. The van der Waals surface area contributed by atoms with Crippen molar-refractivity contribution in [1.82, 2.24) is 4.37 Å². The Bertz CT molecular complexity index is 643. The molecule has 1 aromatic heterocycles. The van der Waals surface area contributed by atoms with Crippen LogP contribution in [-0.2, 0) is 0 Å². The van der Waals surface area contributed by atoms with E-state index in [0.717, 1.165) is 16.3 Å². The van der Waals surface area contributed by atoms with Crippen LogP contribution in [0.4, 0.5) is 9.39 Å². The van der Waals surface area contributed by atoms with E-state index in [-0.39, 0.29) is 11.9 Å². The Kier molecular flexibility index (Phi) is 3.82. The Labute approximate surface area is 115 Å². The van der Waals surface area contributed by atoms with Gasteiger partial charge >= 0.3 is 0 Å². The maximum Gasteiger partial charge on any atom is 0.128 e. The number of anilines is 1. The minimum atomic E-state index is -0.216. The van der Waals surface area contributed by atoms with Crippen LogP contribution in [0.3, 0.4) is 0 Å². The van der Waals surface area contributed by atoms with Crippen molar-refractivity contribution in [1.29, 1.82) is 5.26 Å². The van der Waals surface area contributed by atoms with Crippen molar-refractivity contribution in [2.75, 3.05) is 5.32 Å². The van der Waals surface area contributed by atoms with Gasteiger partial charge in [-0.25, -0.2) is 4.39 Å². The monoisotopic (exact) mass is 275 g/mol. The smallest absolute Gasteiger partial charge is 0.128 e. The molecule has 1 atom stereocenters. The van der Waals surface area contributed by atoms with Crippen molar-refractivity contribution in [3.8, 4) is 6.07 Å². The van der Waals surface area contributed by atoms with Crippen molar-refractivity contribution in [2.24, 2.45) is 0 Å². The van der Waals surface area contributed by atoms with Gasteiger partial charge in [0.1, 0.15) is 22.5 Å². The minimum absolute atomic E-state index is 0.0814. The van der Waals surface area contributed by atoms with E-state index in [1.165, 1.54) is 17.6 Å². The molecule has 0 aliphatic rings. The Hall–Kier alpha value is -1.93. The van der Waals surface area contributed by atoms with Crippen molar-refractivity contribution >= 4 is 16.5 Å². The normalized spacial score (nSPS) is 11.9. The van der Waals surface area contributed by atoms with Crippen LogP contribution in [0.1, 0.15) is 35.3 Å². The molecule has 0 aliphatic carbocycles. The summed E-state index contributed by atoms with van der Waals surface area (Å²) in [7, 11) is 0. The lowest BCUT2D eigenvalue weighted by Crippen LogP contribution is -2.07. The molecular weight excluding hydrogens is 261 g/mol. The zero-order valence-corrected chi connectivity index (χ0v) is 11.8. The predicted octanol–water partition coefficient (Wildman–Crippen LogP) is 3.94. The fourth-order valence-electron chi connectivity index (χ4n) is 1.76. The summed E-state index contributed by atoms with van der Waals surface area (Å²) in [6.45, 7) is 5.47. The first kappa shape index (κ1) is 13.5. The third-order valence-electron chi connectivity index (χ3n) is 3.02. The van der Waals surface area contributed by atoms with Crippen LogP contribution in [0.2, 0.25) is 0 Å². The Morgan fingerprint density at radius 3 is 2.79 bits per heavy atom. The number of rotatable bonds is 3. The summed E-state index contributed by atoms with van der Waals surface area (Å²) >= 11 is 1.25. The molecule has 0 saturated carbocycles. The first-order chi connectivity index (χ1) is 9.02. The summed E-state index contributed by atoms with van der Waals surface area (Å²) in [5.74, 6) is -0.216. The molecule has 0 aliphatic heterocycles. The largest absolute Gasteiger partial charge is 0.368 e. The zero-order chi connectivity index (χ0) is 14.0. The summed E-state index contributed by atoms with van der Waals surface area (Å²) in [5, 5.41) is 13.0. The molecule has 0 saturated heterocycles. The second kappa shape index (κ2) is 5.37. The summed E-state index contributed by atoms with van der Waals surface area (Å²) < 4.78 is 17.7. The fourth-order valence-corrected chi connectivity index (χ4v) is 2.59. The standard InChI is InChI=1S/C14H14FN3S/c1-8-4-5-11(6-13(8)15)9(2)17-14-12(7-16)10(3)18-19-14/h4-6,9,17H,1-3H3. The summed E-state index contributed by atoms with van der Waals surface area (Å²) in [6, 6.07) is 7.21. The van der Waals surface area contributed by atoms with Gasteiger partial charge in [0.25, 0.3) is 0 Å². The van der Waals surface area contributed by atoms with Crippen molar-refractivity contribution in [3.05, 3.63) is 46.4 Å². The number of nitriles is 1. The fraction of sp³-hybridized carbons (Fsp3) is 0.286. The van der Waals surface area contributed by atoms with Gasteiger partial charge in [0.05, 0.1) is 5.69 Å². The van der Waals surface area contributed by atoms with Crippen LogP contribution >= 0.6 is 11.5 Å². The second-order valence-corrected chi connectivity index (χ2v) is 5.23. The molecule has 1 unspecified atom stereocenters. The molecule has 3 nitrogen and oxygen atoms in total. The van der Waals surface area contributed by atoms with Crippen LogP contribution in [0.15, 0.2) is 18.2 Å². The highest BCUT2D eigenvalue weighted by atomic mass is 32.1. The highest BCUT2D eigenvalue weighted by Crippen LogP contribution is 2.28. The number of aromatic nitrogens is 1. The van der Waals surface area contributed by atoms with E-state index in [1.807, 2.05) is 13.0 Å². The molecule has 2 rings (SSSR count). The highest BCUT2D eigenvalue weighted by Gasteiger charge is 2.14. The molecule has 5 heteroatoms. The van der Waals surface area contributed by atoms with Gasteiger partial charge in [0, 0.05) is 6.04 Å². The Balaban J connectivity index is 2.23. The molecule has 0 bridgehead atoms. The summed E-state index contributed by atoms with van der Waals surface area (Å²) in [5.41, 5.74) is 2.75. The number of benzene rings is 1. The van der Waals surface area contributed by atoms with Gasteiger partial charge < -0.3 is 5.32 Å². The van der Waals surface area contributed by atoms with Gasteiger partial charge in [-0.1, -0.05) is 12.1 Å². The van der Waals surface area contributed by atoms with E-state index in [4.69, 9.17) is 5.26 Å². The van der Waals surface area contributed by atoms with Crippen LogP contribution in [-0.4, -0.2) is 4.37 Å². The van der Waals surface area contributed by atoms with Crippen LogP contribution in [0.25, 0.3) is 0 Å². The number of aryl methyl sites for hydroxylation is 2. The number of hydrogen-bond acceptors (Lipinski definition) is 4. The average molecular weight is 275 g/mol. The molecule has 1 N–H and O–H groups in total. The van der Waals surface area contributed by atoms with E-state index >= 15 is 0 Å². The maximum atomic E-state index is 13.5. The molecule has 19 heavy (non-hydrogen) atoms. The van der Waals surface area contributed by atoms with Gasteiger partial charge in [-0.15, -0.1) is 0 Å². The molecule has 2 aromatic rings. The second-order valence-electron chi connectivity index (χ2n) is 4.46. The highest BCUT2D eigenvalue weighted by molar-refractivity contribution is 7.10. The molecular formula is C14H14FN3S. The number of hydrogen-bond donors (Lipinski definition) is 1. The molecule has 98 valence electrons. The van der Waals surface area contributed by atoms with E-state index in [0.29, 0.717) is 11.1 Å². The van der Waals surface area contributed by atoms with Gasteiger partial charge in [0.15, 0.2) is 0 Å². The van der Waals surface area contributed by atoms with Crippen molar-refractivity contribution < 1.29 is 4.39 Å². The van der Waals surface area contributed by atoms with Crippen LogP contribution in [0.5, 0.6) is 0 Å². The molecule has 1 aromatic carbocycles. The minimum Gasteiger partial charge on any atom is -0.368 e. The third kappa shape index (κ3) is 2.74. The lowest BCUT2D eigenvalue weighted by molar-refractivity contribution is 0.614. The summed E-state index contributed by atoms with van der Waals surface area (Å²) in [4.78, 5) is 0. The van der Waals surface area contributed by atoms with E-state index < -0.39 is 0 Å². The van der Waals surface area contributed by atoms with Gasteiger partial charge in [-0.3, -0.25) is 0 Å². The van der Waals surface area contributed by atoms with Crippen molar-refractivity contribution in [3.63, 3.8) is 0 Å². The lowest BCUT2D eigenvalue weighted by Gasteiger charge is -2.14. The summed E-state index contributed by atoms with van der Waals surface area (Å²) in [6.07, 6.45) is 0. The molecule has 1 heterocycles. The predicted molar refractivity (Wildman–Crippen MR) is 74.7 cm³/mol. The molecule has 0 spiro atoms. The SMILES string of the molecule is Cc1ccc(C(C)Nc2snc(C)c2C#N)cc1F. The van der Waals surface area contributed by atoms with E-state index in [2.05, 4.69) is 15.8 Å². The topological polar surface area (TPSA) is 48.7 Å². The van der Waals surface area contributed by atoms with Gasteiger partial charge in [0.2, 0.25) is 0 Å². The van der Waals surface area contributed by atoms with Crippen molar-refractivity contribution in [2.45, 2.75) is 26.8 Å². The van der Waals surface area contributed by atoms with E-state index in [9.17, 15) is 4.39 Å². The Morgan fingerprint density at radius 2 is 2.16 bits per heavy atom. The Morgan fingerprint density at radius 1 is 1.42 bits per heavy atom. The number of nitrogens with zero attached hydrogens (tertiary/aromatic N) is 2. The lowest BCUT2D eigenvalue weighted by atomic mass is 10.1. The number of nitrogens with one attached hydrogen (secondary N) is 1. The maximum absolute atomic E-state index is 13.5. The quantitative estimate of drug-likeness (QED) is 0.922. The van der Waals surface area contributed by atoms with E-state index in [1.54, 1.807) is 19.9 Å². The van der Waals surface area contributed by atoms with Crippen LogP contribution in [0, 0.1) is 31.0 Å². The average Bonchev–Trinajstić information content (AvgIpc) is 2.73. The molecule has 0 fully saturated rings. The van der Waals surface area contributed by atoms with Gasteiger partial charge in [-0.2, -0.15) is 9.64 Å².